The number of esters is 1. The normalized spacial score (nSPS) is 29.7. The Bertz CT molecular complexity index is 2480. The number of aliphatic hydroxyl groups is 2. The number of hydrogen-bond donors (Lipinski definition) is 6. The second-order valence-electron chi connectivity index (χ2n) is 17.9. The van der Waals surface area contributed by atoms with Crippen LogP contribution in [0.3, 0.4) is 0 Å². The Morgan fingerprint density at radius 1 is 0.925 bits per heavy atom. The third-order valence-electron chi connectivity index (χ3n) is 13.2. The third kappa shape index (κ3) is 10.7. The first-order valence-electron chi connectivity index (χ1n) is 22.6. The van der Waals surface area contributed by atoms with Gasteiger partial charge in [0, 0.05) is 93.9 Å². The van der Waals surface area contributed by atoms with Gasteiger partial charge >= 0.3 is 11.8 Å². The van der Waals surface area contributed by atoms with Crippen LogP contribution in [0.2, 0.25) is 0 Å². The zero-order valence-corrected chi connectivity index (χ0v) is 39.6. The lowest BCUT2D eigenvalue weighted by atomic mass is 9.78. The first kappa shape index (κ1) is 50.2. The van der Waals surface area contributed by atoms with Gasteiger partial charge in [-0.2, -0.15) is 5.10 Å². The second-order valence-corrected chi connectivity index (χ2v) is 17.9. The number of benzene rings is 3. The molecule has 0 radical (unpaired) electrons. The number of ether oxygens (including phenoxy) is 4. The molecule has 4 aliphatic rings. The number of phenols is 3. The van der Waals surface area contributed by atoms with Crippen molar-refractivity contribution < 1.29 is 58.9 Å². The number of fused-ring (bicyclic) bond motifs is 14. The topological polar surface area (TPSA) is 220 Å². The van der Waals surface area contributed by atoms with Gasteiger partial charge in [0.1, 0.15) is 23.4 Å². The Hall–Kier alpha value is -6.20. The summed E-state index contributed by atoms with van der Waals surface area (Å²) >= 11 is 0. The van der Waals surface area contributed by atoms with E-state index in [1.165, 1.54) is 59.4 Å². The molecule has 3 aromatic carbocycles. The van der Waals surface area contributed by atoms with Gasteiger partial charge < -0.3 is 49.8 Å². The highest BCUT2D eigenvalue weighted by atomic mass is 16.7. The molecule has 0 spiro atoms. The van der Waals surface area contributed by atoms with Crippen LogP contribution >= 0.6 is 0 Å². The van der Waals surface area contributed by atoms with Crippen LogP contribution in [0.5, 0.6) is 23.0 Å². The Morgan fingerprint density at radius 3 is 2.27 bits per heavy atom. The van der Waals surface area contributed by atoms with Crippen LogP contribution in [0.15, 0.2) is 77.6 Å². The summed E-state index contributed by atoms with van der Waals surface area (Å²) in [5, 5.41) is 67.6. The highest BCUT2D eigenvalue weighted by Gasteiger charge is 2.50. The van der Waals surface area contributed by atoms with Crippen molar-refractivity contribution in [3.63, 3.8) is 0 Å². The standard InChI is InChI=1S/C51H64N4O12/c1-28-15-13-16-29(2)50(63)53-41-36(27-52-55-24-22-54(23-25-55)21-14-19-35-17-11-10-12-18-35)45(60)38-39(46(41)61)44(59)33(6)48-40(38)49(62)51(8,67-48)65-26-20-37(64-9)30(3)47(66-34(7)56)32(5)43(58)31(4)42(28)57/h10-20,26-28,30-32,37,42-43,47,57-61H,21-25H2,1-9H3,(H,53,63)/b15-13+,19-14+,26-20+,29-16-,52-27-/t28-,30-,31-,32+,37+,42-,43+,47-,51+/m1/s1. The van der Waals surface area contributed by atoms with Gasteiger partial charge in [0.05, 0.1) is 53.0 Å². The van der Waals surface area contributed by atoms with Gasteiger partial charge in [-0.1, -0.05) is 88.4 Å². The molecule has 16 nitrogen and oxygen atoms in total. The van der Waals surface area contributed by atoms with E-state index in [9.17, 15) is 39.9 Å². The van der Waals surface area contributed by atoms with E-state index in [0.29, 0.717) is 26.2 Å². The first-order valence-corrected chi connectivity index (χ1v) is 22.6. The third-order valence-corrected chi connectivity index (χ3v) is 13.2. The predicted octanol–water partition coefficient (Wildman–Crippen LogP) is 6.42. The summed E-state index contributed by atoms with van der Waals surface area (Å²) in [5.74, 6) is -8.44. The van der Waals surface area contributed by atoms with Gasteiger partial charge in [-0.05, 0) is 25.5 Å². The van der Waals surface area contributed by atoms with Crippen LogP contribution in [-0.2, 0) is 23.8 Å². The number of aromatic hydroxyl groups is 3. The van der Waals surface area contributed by atoms with Crippen molar-refractivity contribution in [2.75, 3.05) is 45.2 Å². The fourth-order valence-electron chi connectivity index (χ4n) is 8.95. The SMILES string of the molecule is CO[C@H]1/C=C/O[C@@]2(C)Oc3c(C)c(O)c4c(O)c(c(/C=N\N5CCN(C/C=C/c6ccccc6)CC5)c(O)c4c3C2=O)NC(=O)/C(C)=C\C=C\[C@@H](C)[C@@H](O)[C@@H](C)[C@H](O)[C@H](C)[C@H](OC(C)=O)[C@@H]1C. The highest BCUT2D eigenvalue weighted by Crippen LogP contribution is 2.55. The lowest BCUT2D eigenvalue weighted by molar-refractivity contribution is -0.160. The summed E-state index contributed by atoms with van der Waals surface area (Å²) in [7, 11) is 1.44. The number of amides is 1. The fourth-order valence-corrected chi connectivity index (χ4v) is 8.95. The number of rotatable bonds is 7. The van der Waals surface area contributed by atoms with E-state index in [2.05, 4.69) is 27.5 Å². The van der Waals surface area contributed by atoms with E-state index in [0.717, 1.165) is 12.1 Å². The molecule has 67 heavy (non-hydrogen) atoms. The summed E-state index contributed by atoms with van der Waals surface area (Å²) in [6.07, 6.45) is 9.03. The number of ketones is 1. The minimum Gasteiger partial charge on any atom is -0.507 e. The number of carbonyl (C=O) groups excluding carboxylic acids is 3. The minimum absolute atomic E-state index is 0.0504. The molecular weight excluding hydrogens is 861 g/mol. The van der Waals surface area contributed by atoms with Gasteiger partial charge in [-0.25, -0.2) is 0 Å². The number of phenolic OH excluding ortho intramolecular Hbond substituents is 3. The molecule has 4 heterocycles. The molecule has 360 valence electrons. The zero-order chi connectivity index (χ0) is 48.9. The molecule has 0 unspecified atom stereocenters. The molecule has 0 aromatic heterocycles. The number of hydrazone groups is 1. The van der Waals surface area contributed by atoms with Gasteiger partial charge in [-0.3, -0.25) is 24.3 Å². The van der Waals surface area contributed by atoms with E-state index >= 15 is 0 Å². The van der Waals surface area contributed by atoms with Crippen molar-refractivity contribution >= 4 is 46.4 Å². The number of anilines is 1. The molecule has 9 atom stereocenters. The molecule has 7 rings (SSSR count). The van der Waals surface area contributed by atoms with Crippen LogP contribution in [0.25, 0.3) is 16.8 Å². The monoisotopic (exact) mass is 924 g/mol. The van der Waals surface area contributed by atoms with Crippen molar-refractivity contribution in [3.05, 3.63) is 94.8 Å². The quantitative estimate of drug-likeness (QED) is 0.0652. The first-order chi connectivity index (χ1) is 31.8. The molecule has 0 aliphatic carbocycles. The maximum atomic E-state index is 14.6. The van der Waals surface area contributed by atoms with Gasteiger partial charge in [0.2, 0.25) is 0 Å². The van der Waals surface area contributed by atoms with Crippen LogP contribution in [0.1, 0.15) is 75.5 Å². The molecule has 5 bridgehead atoms. The number of allylic oxidation sites excluding steroid dienone is 2. The van der Waals surface area contributed by atoms with Crippen molar-refractivity contribution in [3.8, 4) is 23.0 Å². The van der Waals surface area contributed by atoms with Gasteiger partial charge in [0.25, 0.3) is 11.7 Å². The van der Waals surface area contributed by atoms with Gasteiger partial charge in [-0.15, -0.1) is 0 Å². The highest BCUT2D eigenvalue weighted by molar-refractivity contribution is 6.23. The summed E-state index contributed by atoms with van der Waals surface area (Å²) < 4.78 is 23.7. The molecular formula is C51H64N4O12. The Kier molecular flexibility index (Phi) is 15.9. The average molecular weight is 925 g/mol. The van der Waals surface area contributed by atoms with Crippen molar-refractivity contribution in [1.29, 1.82) is 0 Å². The Labute approximate surface area is 391 Å². The van der Waals surface area contributed by atoms with E-state index < -0.39 is 88.8 Å². The largest absolute Gasteiger partial charge is 0.507 e. The Morgan fingerprint density at radius 2 is 1.61 bits per heavy atom. The van der Waals surface area contributed by atoms with Crippen LogP contribution in [-0.4, -0.2) is 129 Å². The smallest absolute Gasteiger partial charge is 0.312 e. The molecule has 0 saturated carbocycles. The molecule has 1 saturated heterocycles. The molecule has 1 fully saturated rings. The Balaban J connectivity index is 1.43. The zero-order valence-electron chi connectivity index (χ0n) is 39.6. The van der Waals surface area contributed by atoms with Crippen molar-refractivity contribution in [2.45, 2.75) is 85.6 Å². The number of Topliss-reactive ketones (excluding diaryl/α,β-unsaturated/α-hetero) is 1. The summed E-state index contributed by atoms with van der Waals surface area (Å²) in [6, 6.07) is 10.0. The van der Waals surface area contributed by atoms with Crippen LogP contribution in [0.4, 0.5) is 5.69 Å². The second kappa shape index (κ2) is 21.2. The lowest BCUT2D eigenvalue weighted by Crippen LogP contribution is -2.46. The van der Waals surface area contributed by atoms with Crippen molar-refractivity contribution in [1.82, 2.24) is 9.91 Å². The summed E-state index contributed by atoms with van der Waals surface area (Å²) in [6.45, 7) is 15.7. The lowest BCUT2D eigenvalue weighted by Gasteiger charge is -2.38. The van der Waals surface area contributed by atoms with Gasteiger partial charge in [0.15, 0.2) is 5.75 Å². The molecule has 16 heteroatoms. The number of piperazine rings is 1. The average Bonchev–Trinajstić information content (AvgIpc) is 3.57. The predicted molar refractivity (Wildman–Crippen MR) is 255 cm³/mol. The van der Waals surface area contributed by atoms with E-state index in [4.69, 9.17) is 18.9 Å². The van der Waals surface area contributed by atoms with E-state index in [1.54, 1.807) is 44.9 Å². The molecule has 4 aliphatic heterocycles. The van der Waals surface area contributed by atoms with Crippen molar-refractivity contribution in [2.24, 2.45) is 28.8 Å². The number of hydrogen-bond acceptors (Lipinski definition) is 15. The maximum Gasteiger partial charge on any atom is 0.312 e. The summed E-state index contributed by atoms with van der Waals surface area (Å²) in [4.78, 5) is 43.1. The number of nitrogens with one attached hydrogen (secondary N) is 1. The maximum absolute atomic E-state index is 14.6. The fraction of sp³-hybridized carbons (Fsp3) is 0.451. The number of methoxy groups -OCH3 is 1. The molecule has 6 N–H and O–H groups in total. The molecule has 3 aromatic rings. The van der Waals surface area contributed by atoms with Crippen LogP contribution in [0, 0.1) is 30.6 Å². The number of carbonyl (C=O) groups is 3. The van der Waals surface area contributed by atoms with Crippen LogP contribution < -0.4 is 10.1 Å². The number of aliphatic hydroxyl groups excluding tert-OH is 2. The molecule has 1 amide bonds. The summed E-state index contributed by atoms with van der Waals surface area (Å²) in [5.41, 5.74) is 0.718. The minimum atomic E-state index is -2.06. The van der Waals surface area contributed by atoms with E-state index in [-0.39, 0.29) is 44.5 Å². The van der Waals surface area contributed by atoms with E-state index in [1.807, 2.05) is 30.3 Å². The number of nitrogens with zero attached hydrogens (tertiary/aromatic N) is 3.